The summed E-state index contributed by atoms with van der Waals surface area (Å²) in [4.78, 5) is 25.7. The van der Waals surface area contributed by atoms with Gasteiger partial charge in [-0.15, -0.1) is 0 Å². The van der Waals surface area contributed by atoms with Gasteiger partial charge in [0.05, 0.1) is 7.11 Å². The molecule has 1 aliphatic carbocycles. The van der Waals surface area contributed by atoms with Gasteiger partial charge in [0.15, 0.2) is 0 Å². The molecule has 96 valence electrons. The Labute approximate surface area is 101 Å². The van der Waals surface area contributed by atoms with Crippen molar-refractivity contribution in [3.63, 3.8) is 0 Å². The lowest BCUT2D eigenvalue weighted by Gasteiger charge is -2.33. The Hall–Kier alpha value is -1.10. The molecule has 1 aliphatic heterocycles. The van der Waals surface area contributed by atoms with E-state index in [-0.39, 0.29) is 17.9 Å². The molecular formula is C12H19NO4. The second-order valence-electron chi connectivity index (χ2n) is 4.83. The van der Waals surface area contributed by atoms with E-state index in [0.717, 1.165) is 12.8 Å². The van der Waals surface area contributed by atoms with Gasteiger partial charge >= 0.3 is 5.97 Å². The smallest absolute Gasteiger partial charge is 0.321 e. The zero-order chi connectivity index (χ0) is 12.5. The van der Waals surface area contributed by atoms with Gasteiger partial charge in [0.25, 0.3) is 0 Å². The Morgan fingerprint density at radius 3 is 2.35 bits per heavy atom. The number of nitrogens with zero attached hydrogens (tertiary/aromatic N) is 1. The number of hydrogen-bond acceptors (Lipinski definition) is 4. The maximum Gasteiger partial charge on any atom is 0.321 e. The van der Waals surface area contributed by atoms with Crippen LogP contribution in [0.2, 0.25) is 0 Å². The van der Waals surface area contributed by atoms with Gasteiger partial charge in [-0.05, 0) is 25.7 Å². The standard InChI is InChI=1S/C12H19NO4/c1-13(9-3-7-17-8-4-9)10(14)12(5-6-12)11(15)16-2/h9H,3-8H2,1-2H3. The van der Waals surface area contributed by atoms with E-state index in [1.54, 1.807) is 11.9 Å². The Morgan fingerprint density at radius 1 is 1.29 bits per heavy atom. The number of methoxy groups -OCH3 is 1. The van der Waals surface area contributed by atoms with Gasteiger partial charge in [0.2, 0.25) is 5.91 Å². The lowest BCUT2D eigenvalue weighted by molar-refractivity contribution is -0.157. The summed E-state index contributed by atoms with van der Waals surface area (Å²) in [5, 5.41) is 0. The minimum atomic E-state index is -0.873. The summed E-state index contributed by atoms with van der Waals surface area (Å²) < 4.78 is 9.99. The molecule has 0 radical (unpaired) electrons. The second kappa shape index (κ2) is 4.64. The van der Waals surface area contributed by atoms with Crippen LogP contribution >= 0.6 is 0 Å². The van der Waals surface area contributed by atoms with Crippen molar-refractivity contribution in [3.8, 4) is 0 Å². The minimum Gasteiger partial charge on any atom is -0.468 e. The molecule has 1 amide bonds. The first kappa shape index (κ1) is 12.4. The van der Waals surface area contributed by atoms with Gasteiger partial charge in [-0.1, -0.05) is 0 Å². The third-order valence-electron chi connectivity index (χ3n) is 3.79. The monoisotopic (exact) mass is 241 g/mol. The molecule has 2 aliphatic rings. The van der Waals surface area contributed by atoms with Crippen LogP contribution in [-0.2, 0) is 19.1 Å². The van der Waals surface area contributed by atoms with E-state index in [0.29, 0.717) is 26.1 Å². The summed E-state index contributed by atoms with van der Waals surface area (Å²) in [6.07, 6.45) is 2.93. The number of amides is 1. The first-order valence-electron chi connectivity index (χ1n) is 6.05. The summed E-state index contributed by atoms with van der Waals surface area (Å²) in [7, 11) is 3.12. The van der Waals surface area contributed by atoms with Crippen LogP contribution in [0.25, 0.3) is 0 Å². The molecule has 0 N–H and O–H groups in total. The number of carbonyl (C=O) groups excluding carboxylic acids is 2. The fourth-order valence-corrected chi connectivity index (χ4v) is 2.40. The van der Waals surface area contributed by atoms with E-state index in [1.807, 2.05) is 0 Å². The molecule has 0 atom stereocenters. The van der Waals surface area contributed by atoms with Crippen molar-refractivity contribution in [2.75, 3.05) is 27.4 Å². The van der Waals surface area contributed by atoms with Crippen LogP contribution in [-0.4, -0.2) is 50.2 Å². The van der Waals surface area contributed by atoms with Gasteiger partial charge in [-0.2, -0.15) is 0 Å². The predicted octanol–water partition coefficient (Wildman–Crippen LogP) is 0.577. The predicted molar refractivity (Wildman–Crippen MR) is 60.3 cm³/mol. The summed E-state index contributed by atoms with van der Waals surface area (Å²) in [5.74, 6) is -0.474. The molecule has 17 heavy (non-hydrogen) atoms. The van der Waals surface area contributed by atoms with Crippen molar-refractivity contribution >= 4 is 11.9 Å². The highest BCUT2D eigenvalue weighted by atomic mass is 16.5. The molecule has 1 saturated carbocycles. The molecule has 0 aromatic carbocycles. The molecule has 0 bridgehead atoms. The first-order valence-corrected chi connectivity index (χ1v) is 6.05. The number of esters is 1. The van der Waals surface area contributed by atoms with Gasteiger partial charge in [-0.3, -0.25) is 9.59 Å². The fraction of sp³-hybridized carbons (Fsp3) is 0.833. The van der Waals surface area contributed by atoms with Gasteiger partial charge in [0.1, 0.15) is 5.41 Å². The topological polar surface area (TPSA) is 55.8 Å². The third kappa shape index (κ3) is 2.16. The van der Waals surface area contributed by atoms with E-state index >= 15 is 0 Å². The van der Waals surface area contributed by atoms with Crippen molar-refractivity contribution in [2.24, 2.45) is 5.41 Å². The van der Waals surface area contributed by atoms with Crippen molar-refractivity contribution in [2.45, 2.75) is 31.7 Å². The number of rotatable bonds is 3. The second-order valence-corrected chi connectivity index (χ2v) is 4.83. The van der Waals surface area contributed by atoms with E-state index in [4.69, 9.17) is 9.47 Å². The van der Waals surface area contributed by atoms with Crippen LogP contribution in [0.4, 0.5) is 0 Å². The number of ether oxygens (including phenoxy) is 2. The van der Waals surface area contributed by atoms with Gasteiger partial charge in [-0.25, -0.2) is 0 Å². The van der Waals surface area contributed by atoms with Crippen molar-refractivity contribution in [1.29, 1.82) is 0 Å². The number of hydrogen-bond donors (Lipinski definition) is 0. The maximum absolute atomic E-state index is 12.3. The molecule has 5 heteroatoms. The van der Waals surface area contributed by atoms with E-state index < -0.39 is 5.41 Å². The minimum absolute atomic E-state index is 0.0868. The first-order chi connectivity index (χ1) is 8.12. The zero-order valence-corrected chi connectivity index (χ0v) is 10.4. The number of carbonyl (C=O) groups is 2. The van der Waals surface area contributed by atoms with Crippen LogP contribution in [0, 0.1) is 5.41 Å². The van der Waals surface area contributed by atoms with Gasteiger partial charge < -0.3 is 14.4 Å². The Morgan fingerprint density at radius 2 is 1.88 bits per heavy atom. The Balaban J connectivity index is 2.01. The maximum atomic E-state index is 12.3. The average Bonchev–Trinajstić information content (AvgIpc) is 3.18. The van der Waals surface area contributed by atoms with Gasteiger partial charge in [0, 0.05) is 26.3 Å². The van der Waals surface area contributed by atoms with Crippen molar-refractivity contribution in [3.05, 3.63) is 0 Å². The molecule has 0 aromatic heterocycles. The molecule has 0 aromatic rings. The lowest BCUT2D eigenvalue weighted by Crippen LogP contribution is -2.46. The highest BCUT2D eigenvalue weighted by Gasteiger charge is 2.59. The van der Waals surface area contributed by atoms with Crippen LogP contribution in [0.3, 0.4) is 0 Å². The average molecular weight is 241 g/mol. The summed E-state index contributed by atoms with van der Waals surface area (Å²) in [6, 6.07) is 0.193. The largest absolute Gasteiger partial charge is 0.468 e. The lowest BCUT2D eigenvalue weighted by atomic mass is 10.0. The molecule has 2 fully saturated rings. The molecule has 1 saturated heterocycles. The fourth-order valence-electron chi connectivity index (χ4n) is 2.40. The van der Waals surface area contributed by atoms with Crippen LogP contribution < -0.4 is 0 Å². The normalized spacial score (nSPS) is 22.9. The summed E-state index contributed by atoms with van der Waals surface area (Å²) >= 11 is 0. The molecule has 5 nitrogen and oxygen atoms in total. The van der Waals surface area contributed by atoms with Crippen molar-refractivity contribution in [1.82, 2.24) is 4.90 Å². The van der Waals surface area contributed by atoms with E-state index in [9.17, 15) is 9.59 Å². The molecule has 0 unspecified atom stereocenters. The summed E-state index contributed by atoms with van der Waals surface area (Å²) in [5.41, 5.74) is -0.873. The van der Waals surface area contributed by atoms with E-state index in [2.05, 4.69) is 0 Å². The van der Waals surface area contributed by atoms with Crippen molar-refractivity contribution < 1.29 is 19.1 Å². The molecular weight excluding hydrogens is 222 g/mol. The van der Waals surface area contributed by atoms with Crippen LogP contribution in [0.1, 0.15) is 25.7 Å². The molecule has 2 rings (SSSR count). The molecule has 0 spiro atoms. The van der Waals surface area contributed by atoms with E-state index in [1.165, 1.54) is 7.11 Å². The Kier molecular flexibility index (Phi) is 3.38. The highest BCUT2D eigenvalue weighted by Crippen LogP contribution is 2.48. The SMILES string of the molecule is COC(=O)C1(C(=O)N(C)C2CCOCC2)CC1. The molecule has 1 heterocycles. The van der Waals surface area contributed by atoms with Crippen LogP contribution in [0.5, 0.6) is 0 Å². The zero-order valence-electron chi connectivity index (χ0n) is 10.4. The van der Waals surface area contributed by atoms with Crippen LogP contribution in [0.15, 0.2) is 0 Å². The third-order valence-corrected chi connectivity index (χ3v) is 3.79. The Bertz CT molecular complexity index is 318. The highest BCUT2D eigenvalue weighted by molar-refractivity contribution is 6.05. The summed E-state index contributed by atoms with van der Waals surface area (Å²) in [6.45, 7) is 1.38. The quantitative estimate of drug-likeness (QED) is 0.535.